The van der Waals surface area contributed by atoms with Crippen molar-refractivity contribution >= 4 is 0 Å². The lowest BCUT2D eigenvalue weighted by Gasteiger charge is -2.05. The minimum atomic E-state index is 0.874. The molecule has 0 amide bonds. The molecule has 0 bridgehead atoms. The van der Waals surface area contributed by atoms with Gasteiger partial charge in [-0.15, -0.1) is 0 Å². The van der Waals surface area contributed by atoms with Crippen LogP contribution < -0.4 is 5.73 Å². The van der Waals surface area contributed by atoms with Crippen LogP contribution in [0.15, 0.2) is 0 Å². The van der Waals surface area contributed by atoms with E-state index in [0.717, 1.165) is 12.5 Å². The molecule has 0 rings (SSSR count). The Kier molecular flexibility index (Phi) is 29.0. The molecule has 0 spiro atoms. The minimum absolute atomic E-state index is 0.874. The molecule has 1 nitrogen and oxygen atoms in total. The van der Waals surface area contributed by atoms with Crippen LogP contribution in [0, 0.1) is 5.92 Å². The van der Waals surface area contributed by atoms with Crippen molar-refractivity contribution in [2.24, 2.45) is 11.7 Å². The van der Waals surface area contributed by atoms with Gasteiger partial charge in [-0.1, -0.05) is 181 Å². The Morgan fingerprint density at radius 1 is 0.312 bits per heavy atom. The van der Waals surface area contributed by atoms with Gasteiger partial charge in [0.2, 0.25) is 0 Å². The summed E-state index contributed by atoms with van der Waals surface area (Å²) in [5.74, 6) is 0.895. The minimum Gasteiger partial charge on any atom is -0.330 e. The second-order valence-electron chi connectivity index (χ2n) is 11.2. The summed E-state index contributed by atoms with van der Waals surface area (Å²) in [6.07, 6.45) is 39.3. The lowest BCUT2D eigenvalue weighted by molar-refractivity contribution is 0.500. The van der Waals surface area contributed by atoms with Gasteiger partial charge in [-0.05, 0) is 18.9 Å². The maximum Gasteiger partial charge on any atom is -0.00773 e. The highest BCUT2D eigenvalue weighted by atomic mass is 14.5. The van der Waals surface area contributed by atoms with Crippen molar-refractivity contribution in [3.8, 4) is 0 Å². The highest BCUT2D eigenvalue weighted by Gasteiger charge is 1.97. The number of hydrogen-bond acceptors (Lipinski definition) is 1. The van der Waals surface area contributed by atoms with Gasteiger partial charge in [0.05, 0.1) is 0 Å². The van der Waals surface area contributed by atoms with E-state index in [0.29, 0.717) is 0 Å². The Morgan fingerprint density at radius 2 is 0.500 bits per heavy atom. The SMILES string of the molecule is CC(C)CCCCCCCCCCCCCCCCCCCCCCCCCCCCN. The Labute approximate surface area is 205 Å². The predicted octanol–water partition coefficient (Wildman–Crippen LogP) is 11.1. The van der Waals surface area contributed by atoms with Crippen molar-refractivity contribution in [3.63, 3.8) is 0 Å². The first-order valence-electron chi connectivity index (χ1n) is 15.5. The van der Waals surface area contributed by atoms with E-state index in [1.165, 1.54) is 173 Å². The third-order valence-corrected chi connectivity index (χ3v) is 7.24. The van der Waals surface area contributed by atoms with Crippen LogP contribution >= 0.6 is 0 Å². The van der Waals surface area contributed by atoms with Gasteiger partial charge >= 0.3 is 0 Å². The molecular weight excluding hydrogens is 386 g/mol. The Balaban J connectivity index is 3.00. The van der Waals surface area contributed by atoms with E-state index >= 15 is 0 Å². The van der Waals surface area contributed by atoms with Crippen molar-refractivity contribution < 1.29 is 0 Å². The fraction of sp³-hybridized carbons (Fsp3) is 1.00. The predicted molar refractivity (Wildman–Crippen MR) is 149 cm³/mol. The van der Waals surface area contributed by atoms with E-state index < -0.39 is 0 Å². The van der Waals surface area contributed by atoms with Gasteiger partial charge in [-0.2, -0.15) is 0 Å². The molecular formula is C31H65N. The molecule has 0 saturated heterocycles. The maximum atomic E-state index is 5.53. The van der Waals surface area contributed by atoms with Crippen molar-refractivity contribution in [1.29, 1.82) is 0 Å². The van der Waals surface area contributed by atoms with Crippen LogP contribution in [0.5, 0.6) is 0 Å². The van der Waals surface area contributed by atoms with Gasteiger partial charge in [0.1, 0.15) is 0 Å². The van der Waals surface area contributed by atoms with Crippen LogP contribution in [-0.4, -0.2) is 6.54 Å². The second kappa shape index (κ2) is 29.0. The van der Waals surface area contributed by atoms with Gasteiger partial charge in [-0.3, -0.25) is 0 Å². The Morgan fingerprint density at radius 3 is 0.688 bits per heavy atom. The van der Waals surface area contributed by atoms with E-state index in [9.17, 15) is 0 Å². The zero-order chi connectivity index (χ0) is 23.4. The molecule has 0 atom stereocenters. The molecule has 194 valence electrons. The summed E-state index contributed by atoms with van der Waals surface area (Å²) in [4.78, 5) is 0. The highest BCUT2D eigenvalue weighted by Crippen LogP contribution is 2.16. The lowest BCUT2D eigenvalue weighted by Crippen LogP contribution is -1.97. The van der Waals surface area contributed by atoms with E-state index in [4.69, 9.17) is 5.73 Å². The summed E-state index contributed by atoms with van der Waals surface area (Å²) in [5, 5.41) is 0. The molecule has 0 aromatic heterocycles. The fourth-order valence-electron chi connectivity index (χ4n) is 4.94. The molecule has 0 aromatic carbocycles. The second-order valence-corrected chi connectivity index (χ2v) is 11.2. The number of hydrogen-bond donors (Lipinski definition) is 1. The molecule has 0 aromatic rings. The average molecular weight is 452 g/mol. The van der Waals surface area contributed by atoms with Gasteiger partial charge in [-0.25, -0.2) is 0 Å². The summed E-state index contributed by atoms with van der Waals surface area (Å²) in [6.45, 7) is 5.57. The molecule has 0 unspecified atom stereocenters. The molecule has 0 aliphatic rings. The standard InChI is InChI=1S/C31H65N/c1-31(2)29-27-25-23-21-19-17-15-13-11-9-7-5-3-4-6-8-10-12-14-16-18-20-22-24-26-28-30-32/h31H,3-30,32H2,1-2H3. The highest BCUT2D eigenvalue weighted by molar-refractivity contribution is 4.52. The topological polar surface area (TPSA) is 26.0 Å². The molecule has 0 aliphatic heterocycles. The van der Waals surface area contributed by atoms with Crippen LogP contribution in [-0.2, 0) is 0 Å². The number of unbranched alkanes of at least 4 members (excludes halogenated alkanes) is 25. The molecule has 0 fully saturated rings. The lowest BCUT2D eigenvalue weighted by atomic mass is 10.0. The molecule has 0 heterocycles. The first kappa shape index (κ1) is 32.0. The summed E-state index contributed by atoms with van der Waals surface area (Å²) in [6, 6.07) is 0. The van der Waals surface area contributed by atoms with Crippen LogP contribution in [0.2, 0.25) is 0 Å². The van der Waals surface area contributed by atoms with Crippen molar-refractivity contribution in [2.75, 3.05) is 6.54 Å². The van der Waals surface area contributed by atoms with E-state index in [1.807, 2.05) is 0 Å². The molecule has 1 heteroatoms. The smallest absolute Gasteiger partial charge is 0.00773 e. The van der Waals surface area contributed by atoms with E-state index in [-0.39, 0.29) is 0 Å². The normalized spacial score (nSPS) is 11.6. The molecule has 0 radical (unpaired) electrons. The molecule has 0 saturated carbocycles. The Bertz CT molecular complexity index is 312. The molecule has 2 N–H and O–H groups in total. The van der Waals surface area contributed by atoms with Crippen LogP contribution in [0.4, 0.5) is 0 Å². The van der Waals surface area contributed by atoms with Crippen LogP contribution in [0.25, 0.3) is 0 Å². The zero-order valence-corrected chi connectivity index (χ0v) is 23.0. The van der Waals surface area contributed by atoms with Gasteiger partial charge in [0.15, 0.2) is 0 Å². The van der Waals surface area contributed by atoms with Crippen molar-refractivity contribution in [1.82, 2.24) is 0 Å². The third kappa shape index (κ3) is 30.0. The average Bonchev–Trinajstić information content (AvgIpc) is 2.78. The summed E-state index contributed by atoms with van der Waals surface area (Å²) in [5.41, 5.74) is 5.53. The third-order valence-electron chi connectivity index (χ3n) is 7.24. The summed E-state index contributed by atoms with van der Waals surface area (Å²) in [7, 11) is 0. The van der Waals surface area contributed by atoms with E-state index in [2.05, 4.69) is 13.8 Å². The maximum absolute atomic E-state index is 5.53. The first-order valence-corrected chi connectivity index (χ1v) is 15.5. The summed E-state index contributed by atoms with van der Waals surface area (Å²) >= 11 is 0. The monoisotopic (exact) mass is 452 g/mol. The van der Waals surface area contributed by atoms with Crippen molar-refractivity contribution in [2.45, 2.75) is 187 Å². The van der Waals surface area contributed by atoms with Gasteiger partial charge in [0.25, 0.3) is 0 Å². The fourth-order valence-corrected chi connectivity index (χ4v) is 4.94. The summed E-state index contributed by atoms with van der Waals surface area (Å²) < 4.78 is 0. The number of nitrogens with two attached hydrogens (primary N) is 1. The quantitative estimate of drug-likeness (QED) is 0.118. The van der Waals surface area contributed by atoms with Crippen molar-refractivity contribution in [3.05, 3.63) is 0 Å². The van der Waals surface area contributed by atoms with E-state index in [1.54, 1.807) is 0 Å². The number of rotatable bonds is 28. The van der Waals surface area contributed by atoms with Gasteiger partial charge < -0.3 is 5.73 Å². The largest absolute Gasteiger partial charge is 0.330 e. The molecule has 0 aliphatic carbocycles. The van der Waals surface area contributed by atoms with Gasteiger partial charge in [0, 0.05) is 0 Å². The van der Waals surface area contributed by atoms with Crippen LogP contribution in [0.3, 0.4) is 0 Å². The van der Waals surface area contributed by atoms with Crippen LogP contribution in [0.1, 0.15) is 187 Å². The zero-order valence-electron chi connectivity index (χ0n) is 23.0. The molecule has 32 heavy (non-hydrogen) atoms. The first-order chi connectivity index (χ1) is 15.8. The Hall–Kier alpha value is -0.0400.